The Bertz CT molecular complexity index is 1570. The largest absolute Gasteiger partial charge is 0.505 e. The van der Waals surface area contributed by atoms with E-state index < -0.39 is 16.0 Å². The quantitative estimate of drug-likeness (QED) is 0.199. The molecule has 4 aromatic rings. The van der Waals surface area contributed by atoms with Gasteiger partial charge in [-0.15, -0.1) is 11.3 Å². The van der Waals surface area contributed by atoms with Crippen LogP contribution in [0.15, 0.2) is 89.4 Å². The fraction of sp³-hybridized carbons (Fsp3) is 0.233. The van der Waals surface area contributed by atoms with E-state index in [4.69, 9.17) is 4.74 Å². The monoisotopic (exact) mass is 640 g/mol. The third-order valence-corrected chi connectivity index (χ3v) is 10.9. The first-order valence-corrected chi connectivity index (χ1v) is 16.1. The zero-order chi connectivity index (χ0) is 28.1. The van der Waals surface area contributed by atoms with Crippen molar-refractivity contribution in [3.05, 3.63) is 105 Å². The fourth-order valence-corrected chi connectivity index (χ4v) is 8.00. The molecule has 40 heavy (non-hydrogen) atoms. The second-order valence-corrected chi connectivity index (χ2v) is 13.4. The number of nitrogens with one attached hydrogen (secondary N) is 1. The van der Waals surface area contributed by atoms with Gasteiger partial charge in [-0.25, -0.2) is 17.5 Å². The molecule has 0 amide bonds. The zero-order valence-electron chi connectivity index (χ0n) is 21.6. The van der Waals surface area contributed by atoms with Gasteiger partial charge in [0.25, 0.3) is 0 Å². The van der Waals surface area contributed by atoms with E-state index in [1.807, 2.05) is 84.9 Å². The Morgan fingerprint density at radius 1 is 0.975 bits per heavy atom. The molecule has 0 unspecified atom stereocenters. The van der Waals surface area contributed by atoms with Crippen molar-refractivity contribution < 1.29 is 23.1 Å². The van der Waals surface area contributed by atoms with Gasteiger partial charge in [0.05, 0.1) is 15.1 Å². The average Bonchev–Trinajstić information content (AvgIpc) is 3.27. The van der Waals surface area contributed by atoms with Gasteiger partial charge in [0.1, 0.15) is 6.61 Å². The Kier molecular flexibility index (Phi) is 8.90. The number of carbonyl (C=O) groups excluding carboxylic acids is 1. The maximum Gasteiger partial charge on any atom is 0.352 e. The van der Waals surface area contributed by atoms with Crippen molar-refractivity contribution in [3.63, 3.8) is 0 Å². The Labute approximate surface area is 246 Å². The molecule has 1 fully saturated rings. The smallest absolute Gasteiger partial charge is 0.352 e. The van der Waals surface area contributed by atoms with Crippen LogP contribution in [0.4, 0.5) is 5.69 Å². The first kappa shape index (κ1) is 28.4. The van der Waals surface area contributed by atoms with E-state index in [0.717, 1.165) is 27.3 Å². The van der Waals surface area contributed by atoms with Gasteiger partial charge in [-0.2, -0.15) is 0 Å². The molecule has 0 radical (unpaired) electrons. The summed E-state index contributed by atoms with van der Waals surface area (Å²) in [5.74, 6) is -0.708. The Morgan fingerprint density at radius 3 is 2.30 bits per heavy atom. The highest BCUT2D eigenvalue weighted by Gasteiger charge is 2.28. The summed E-state index contributed by atoms with van der Waals surface area (Å²) in [5, 5.41) is 14.2. The van der Waals surface area contributed by atoms with Crippen molar-refractivity contribution in [2.45, 2.75) is 31.2 Å². The molecule has 2 N–H and O–H groups in total. The molecule has 5 rings (SSSR count). The second-order valence-electron chi connectivity index (χ2n) is 9.62. The molecular formula is C30H29BrN2O5S2. The SMILES string of the molecule is O=C(OCc1ccccc1)c1sc(-c2cccc(NC3CCN(S(=O)(=O)Cc4ccccc4)CC3)c2)c(Br)c1O. The number of thiophene rings is 1. The van der Waals surface area contributed by atoms with Crippen LogP contribution >= 0.6 is 27.3 Å². The summed E-state index contributed by atoms with van der Waals surface area (Å²) in [5.41, 5.74) is 3.38. The molecule has 1 saturated heterocycles. The lowest BCUT2D eigenvalue weighted by Gasteiger charge is -2.32. The number of benzene rings is 3. The Morgan fingerprint density at radius 2 is 1.62 bits per heavy atom. The number of hydrogen-bond donors (Lipinski definition) is 2. The van der Waals surface area contributed by atoms with Crippen molar-refractivity contribution in [2.24, 2.45) is 0 Å². The number of anilines is 1. The molecule has 0 aliphatic carbocycles. The molecule has 0 spiro atoms. The highest BCUT2D eigenvalue weighted by atomic mass is 79.9. The van der Waals surface area contributed by atoms with E-state index in [1.54, 1.807) is 4.31 Å². The molecule has 3 aromatic carbocycles. The molecule has 1 aliphatic rings. The first-order valence-electron chi connectivity index (χ1n) is 12.9. The van der Waals surface area contributed by atoms with E-state index in [0.29, 0.717) is 30.4 Å². The molecule has 1 aliphatic heterocycles. The van der Waals surface area contributed by atoms with Crippen LogP contribution < -0.4 is 5.32 Å². The lowest BCUT2D eigenvalue weighted by atomic mass is 10.1. The van der Waals surface area contributed by atoms with Crippen LogP contribution in [0.3, 0.4) is 0 Å². The lowest BCUT2D eigenvalue weighted by molar-refractivity contribution is 0.0475. The number of hydrogen-bond acceptors (Lipinski definition) is 7. The number of halogens is 1. The molecule has 208 valence electrons. The lowest BCUT2D eigenvalue weighted by Crippen LogP contribution is -2.42. The van der Waals surface area contributed by atoms with Crippen molar-refractivity contribution in [2.75, 3.05) is 18.4 Å². The van der Waals surface area contributed by atoms with Gasteiger partial charge < -0.3 is 15.2 Å². The normalized spacial score (nSPS) is 14.6. The van der Waals surface area contributed by atoms with Crippen LogP contribution in [0.1, 0.15) is 33.6 Å². The number of esters is 1. The number of piperidine rings is 1. The van der Waals surface area contributed by atoms with Gasteiger partial charge in [0, 0.05) is 24.8 Å². The van der Waals surface area contributed by atoms with Crippen molar-refractivity contribution in [1.29, 1.82) is 0 Å². The number of nitrogens with zero attached hydrogens (tertiary/aromatic N) is 1. The fourth-order valence-electron chi connectivity index (χ4n) is 4.66. The summed E-state index contributed by atoms with van der Waals surface area (Å²) in [6.07, 6.45) is 1.39. The van der Waals surface area contributed by atoms with E-state index in [-0.39, 0.29) is 29.0 Å². The third kappa shape index (κ3) is 6.75. The molecule has 1 aromatic heterocycles. The van der Waals surface area contributed by atoms with Crippen molar-refractivity contribution in [1.82, 2.24) is 4.31 Å². The summed E-state index contributed by atoms with van der Waals surface area (Å²) < 4.78 is 33.2. The molecular weight excluding hydrogens is 612 g/mol. The van der Waals surface area contributed by atoms with Crippen molar-refractivity contribution in [3.8, 4) is 16.2 Å². The summed E-state index contributed by atoms with van der Waals surface area (Å²) in [4.78, 5) is 13.6. The van der Waals surface area contributed by atoms with Gasteiger partial charge in [0.15, 0.2) is 10.6 Å². The van der Waals surface area contributed by atoms with E-state index >= 15 is 0 Å². The number of sulfonamides is 1. The zero-order valence-corrected chi connectivity index (χ0v) is 24.8. The highest BCUT2D eigenvalue weighted by Crippen LogP contribution is 2.45. The summed E-state index contributed by atoms with van der Waals surface area (Å²) in [6.45, 7) is 1.05. The molecule has 7 nitrogen and oxygen atoms in total. The number of aromatic hydroxyl groups is 1. The maximum absolute atomic E-state index is 12.9. The molecule has 0 atom stereocenters. The predicted octanol–water partition coefficient (Wildman–Crippen LogP) is 6.65. The van der Waals surface area contributed by atoms with E-state index in [2.05, 4.69) is 21.2 Å². The minimum atomic E-state index is -3.37. The van der Waals surface area contributed by atoms with Crippen LogP contribution in [0, 0.1) is 0 Å². The minimum Gasteiger partial charge on any atom is -0.505 e. The summed E-state index contributed by atoms with van der Waals surface area (Å²) in [6, 6.07) is 26.5. The molecule has 10 heteroatoms. The third-order valence-electron chi connectivity index (χ3n) is 6.76. The first-order chi connectivity index (χ1) is 19.3. The number of ether oxygens (including phenoxy) is 1. The van der Waals surface area contributed by atoms with Gasteiger partial charge in [-0.1, -0.05) is 72.8 Å². The van der Waals surface area contributed by atoms with E-state index in [9.17, 15) is 18.3 Å². The summed E-state index contributed by atoms with van der Waals surface area (Å²) in [7, 11) is -3.37. The Hall–Kier alpha value is -3.18. The topological polar surface area (TPSA) is 95.9 Å². The standard InChI is InChI=1S/C30H29BrN2O5S2/c31-26-27(34)29(30(35)38-19-21-8-3-1-4-9-21)39-28(26)23-12-7-13-25(18-23)32-24-14-16-33(17-15-24)40(36,37)20-22-10-5-2-6-11-22/h1-13,18,24,32,34H,14-17,19-20H2. The van der Waals surface area contributed by atoms with Crippen LogP contribution in [-0.4, -0.2) is 42.9 Å². The van der Waals surface area contributed by atoms with Crippen molar-refractivity contribution >= 4 is 48.9 Å². The van der Waals surface area contributed by atoms with Gasteiger partial charge >= 0.3 is 5.97 Å². The molecule has 0 saturated carbocycles. The Balaban J connectivity index is 1.21. The van der Waals surface area contributed by atoms with E-state index in [1.165, 1.54) is 11.3 Å². The molecule has 2 heterocycles. The summed E-state index contributed by atoms with van der Waals surface area (Å²) >= 11 is 4.61. The molecule has 0 bridgehead atoms. The van der Waals surface area contributed by atoms with Gasteiger partial charge in [0.2, 0.25) is 10.0 Å². The second kappa shape index (κ2) is 12.6. The minimum absolute atomic E-state index is 0.0122. The highest BCUT2D eigenvalue weighted by molar-refractivity contribution is 9.10. The number of rotatable bonds is 9. The maximum atomic E-state index is 12.9. The average molecular weight is 642 g/mol. The van der Waals surface area contributed by atoms with Crippen LogP contribution in [0.5, 0.6) is 5.75 Å². The van der Waals surface area contributed by atoms with Crippen LogP contribution in [0.25, 0.3) is 10.4 Å². The van der Waals surface area contributed by atoms with Crippen LogP contribution in [0.2, 0.25) is 0 Å². The van der Waals surface area contributed by atoms with Gasteiger partial charge in [-0.05, 0) is 57.6 Å². The number of carbonyl (C=O) groups is 1. The van der Waals surface area contributed by atoms with Gasteiger partial charge in [-0.3, -0.25) is 0 Å². The van der Waals surface area contributed by atoms with Crippen LogP contribution in [-0.2, 0) is 27.1 Å². The predicted molar refractivity (Wildman–Crippen MR) is 162 cm³/mol.